The first kappa shape index (κ1) is 17.7. The highest BCUT2D eigenvalue weighted by Gasteiger charge is 2.35. The van der Waals surface area contributed by atoms with Crippen LogP contribution in [0.5, 0.6) is 0 Å². The largest absolute Gasteiger partial charge is 0.144 e. The van der Waals surface area contributed by atoms with Crippen molar-refractivity contribution in [3.05, 3.63) is 66.2 Å². The number of thiophene rings is 2. The van der Waals surface area contributed by atoms with Crippen molar-refractivity contribution in [1.82, 2.24) is 0 Å². The summed E-state index contributed by atoms with van der Waals surface area (Å²) in [6, 6.07) is 8.52. The van der Waals surface area contributed by atoms with Gasteiger partial charge in [-0.05, 0) is 34.0 Å². The van der Waals surface area contributed by atoms with E-state index in [0.29, 0.717) is 0 Å². The second-order valence-corrected chi connectivity index (χ2v) is 10.8. The SMILES string of the molecule is ClC1=C(Br)Cc2c1c(-c1cccs1)c1c(c2-c2cccs2)C(Cl)=C(Br)C1. The fourth-order valence-corrected chi connectivity index (χ4v) is 6.93. The van der Waals surface area contributed by atoms with E-state index in [1.807, 2.05) is 0 Å². The summed E-state index contributed by atoms with van der Waals surface area (Å²) >= 11 is 24.5. The van der Waals surface area contributed by atoms with Gasteiger partial charge in [0, 0.05) is 53.8 Å². The summed E-state index contributed by atoms with van der Waals surface area (Å²) in [5.74, 6) is 0. The van der Waals surface area contributed by atoms with Crippen LogP contribution in [0.3, 0.4) is 0 Å². The molecule has 0 bridgehead atoms. The van der Waals surface area contributed by atoms with Gasteiger partial charge in [0.2, 0.25) is 0 Å². The summed E-state index contributed by atoms with van der Waals surface area (Å²) in [6.45, 7) is 0. The van der Waals surface area contributed by atoms with Crippen LogP contribution in [0.4, 0.5) is 0 Å². The van der Waals surface area contributed by atoms with Gasteiger partial charge in [0.25, 0.3) is 0 Å². The second-order valence-electron chi connectivity index (χ2n) is 6.20. The highest BCUT2D eigenvalue weighted by atomic mass is 79.9. The molecular formula is C20H10Br2Cl2S2. The van der Waals surface area contributed by atoms with Gasteiger partial charge in [-0.3, -0.25) is 0 Å². The van der Waals surface area contributed by atoms with E-state index in [9.17, 15) is 0 Å². The Labute approximate surface area is 186 Å². The number of rotatable bonds is 2. The summed E-state index contributed by atoms with van der Waals surface area (Å²) in [5, 5.41) is 5.87. The number of halogens is 4. The average molecular weight is 545 g/mol. The highest BCUT2D eigenvalue weighted by Crippen LogP contribution is 2.56. The first-order valence-electron chi connectivity index (χ1n) is 7.96. The molecule has 0 nitrogen and oxygen atoms in total. The summed E-state index contributed by atoms with van der Waals surface area (Å²) in [5.41, 5.74) is 7.33. The molecule has 0 radical (unpaired) electrons. The molecule has 6 heteroatoms. The van der Waals surface area contributed by atoms with E-state index in [4.69, 9.17) is 23.2 Å². The van der Waals surface area contributed by atoms with Gasteiger partial charge in [0.05, 0.1) is 10.1 Å². The molecule has 130 valence electrons. The smallest absolute Gasteiger partial charge is 0.0592 e. The summed E-state index contributed by atoms with van der Waals surface area (Å²) < 4.78 is 2.10. The lowest BCUT2D eigenvalue weighted by atomic mass is 9.87. The molecule has 0 N–H and O–H groups in total. The maximum atomic E-state index is 6.81. The van der Waals surface area contributed by atoms with Crippen LogP contribution < -0.4 is 0 Å². The standard InChI is InChI=1S/C20H10Br2Cl2S2/c21-11-7-9-15(13-3-1-5-25-13)17-10(8-12(22)19(17)23)16(18(9)20(11)24)14-4-2-6-26-14/h1-6H,7-8H2. The summed E-state index contributed by atoms with van der Waals surface area (Å²) in [4.78, 5) is 2.48. The summed E-state index contributed by atoms with van der Waals surface area (Å²) in [6.07, 6.45) is 1.60. The molecule has 1 aromatic carbocycles. The van der Waals surface area contributed by atoms with Gasteiger partial charge in [0.1, 0.15) is 0 Å². The molecule has 0 unspecified atom stereocenters. The van der Waals surface area contributed by atoms with Gasteiger partial charge in [-0.2, -0.15) is 0 Å². The summed E-state index contributed by atoms with van der Waals surface area (Å²) in [7, 11) is 0. The van der Waals surface area contributed by atoms with Crippen molar-refractivity contribution in [3.8, 4) is 20.9 Å². The first-order valence-corrected chi connectivity index (χ1v) is 12.1. The lowest BCUT2D eigenvalue weighted by molar-refractivity contribution is 1.25. The molecule has 0 amide bonds. The van der Waals surface area contributed by atoms with E-state index in [1.165, 1.54) is 32.0 Å². The third-order valence-corrected chi connectivity index (χ3v) is 9.24. The maximum absolute atomic E-state index is 6.81. The van der Waals surface area contributed by atoms with E-state index >= 15 is 0 Å². The quantitative estimate of drug-likeness (QED) is 0.302. The monoisotopic (exact) mass is 542 g/mol. The van der Waals surface area contributed by atoms with Gasteiger partial charge in [-0.1, -0.05) is 67.2 Å². The topological polar surface area (TPSA) is 0 Å². The lowest BCUT2D eigenvalue weighted by Gasteiger charge is -2.20. The van der Waals surface area contributed by atoms with Crippen LogP contribution >= 0.6 is 77.7 Å². The molecule has 0 fully saturated rings. The predicted molar refractivity (Wildman–Crippen MR) is 124 cm³/mol. The molecule has 0 aliphatic heterocycles. The number of fused-ring (bicyclic) bond motifs is 2. The second kappa shape index (κ2) is 6.61. The molecule has 0 spiro atoms. The van der Waals surface area contributed by atoms with Crippen LogP contribution in [-0.2, 0) is 12.8 Å². The molecule has 5 rings (SSSR count). The number of hydrogen-bond donors (Lipinski definition) is 0. The van der Waals surface area contributed by atoms with Crippen molar-refractivity contribution in [1.29, 1.82) is 0 Å². The van der Waals surface area contributed by atoms with Gasteiger partial charge in [-0.15, -0.1) is 22.7 Å². The predicted octanol–water partition coefficient (Wildman–Crippen LogP) is 8.86. The zero-order valence-corrected chi connectivity index (χ0v) is 19.5. The van der Waals surface area contributed by atoms with E-state index in [2.05, 4.69) is 66.9 Å². The molecule has 2 aromatic heterocycles. The van der Waals surface area contributed by atoms with Gasteiger partial charge >= 0.3 is 0 Å². The van der Waals surface area contributed by atoms with Crippen molar-refractivity contribution in [2.75, 3.05) is 0 Å². The molecule has 2 aliphatic carbocycles. The van der Waals surface area contributed by atoms with E-state index in [-0.39, 0.29) is 0 Å². The minimum atomic E-state index is 0.800. The van der Waals surface area contributed by atoms with Crippen LogP contribution in [0.2, 0.25) is 0 Å². The Balaban J connectivity index is 1.96. The number of allylic oxidation sites excluding steroid dienone is 2. The Morgan fingerprint density at radius 3 is 1.46 bits per heavy atom. The van der Waals surface area contributed by atoms with Crippen molar-refractivity contribution in [2.45, 2.75) is 12.8 Å². The molecule has 2 aliphatic rings. The number of benzene rings is 1. The van der Waals surface area contributed by atoms with Crippen molar-refractivity contribution < 1.29 is 0 Å². The lowest BCUT2D eigenvalue weighted by Crippen LogP contribution is -2.01. The van der Waals surface area contributed by atoms with Crippen molar-refractivity contribution in [3.63, 3.8) is 0 Å². The minimum absolute atomic E-state index is 0.800. The molecule has 3 aromatic rings. The van der Waals surface area contributed by atoms with E-state index in [1.54, 1.807) is 22.7 Å². The Morgan fingerprint density at radius 2 is 1.12 bits per heavy atom. The Hall–Kier alpha value is -0.360. The highest BCUT2D eigenvalue weighted by molar-refractivity contribution is 9.12. The van der Waals surface area contributed by atoms with Crippen LogP contribution in [0.1, 0.15) is 22.3 Å². The van der Waals surface area contributed by atoms with Crippen LogP contribution in [-0.4, -0.2) is 0 Å². The Bertz CT molecular complexity index is 1020. The van der Waals surface area contributed by atoms with E-state index in [0.717, 1.165) is 43.0 Å². The Kier molecular flexibility index (Phi) is 4.51. The maximum Gasteiger partial charge on any atom is 0.0592 e. The zero-order chi connectivity index (χ0) is 18.0. The molecule has 2 heterocycles. The van der Waals surface area contributed by atoms with Crippen LogP contribution in [0, 0.1) is 0 Å². The van der Waals surface area contributed by atoms with Gasteiger partial charge in [0.15, 0.2) is 0 Å². The van der Waals surface area contributed by atoms with Crippen molar-refractivity contribution in [2.24, 2.45) is 0 Å². The minimum Gasteiger partial charge on any atom is -0.144 e. The normalized spacial score (nSPS) is 15.8. The fourth-order valence-electron chi connectivity index (χ4n) is 3.81. The molecule has 0 saturated carbocycles. The molecule has 0 saturated heterocycles. The molecule has 0 atom stereocenters. The molecular weight excluding hydrogens is 535 g/mol. The van der Waals surface area contributed by atoms with Crippen LogP contribution in [0.25, 0.3) is 30.9 Å². The first-order chi connectivity index (χ1) is 12.6. The van der Waals surface area contributed by atoms with Crippen LogP contribution in [0.15, 0.2) is 44.0 Å². The third kappa shape index (κ3) is 2.50. The van der Waals surface area contributed by atoms with Gasteiger partial charge < -0.3 is 0 Å². The third-order valence-electron chi connectivity index (χ3n) is 4.82. The zero-order valence-electron chi connectivity index (χ0n) is 13.2. The van der Waals surface area contributed by atoms with E-state index < -0.39 is 0 Å². The Morgan fingerprint density at radius 1 is 0.692 bits per heavy atom. The number of hydrogen-bond acceptors (Lipinski definition) is 2. The molecule has 26 heavy (non-hydrogen) atoms. The fraction of sp³-hybridized carbons (Fsp3) is 0.100. The van der Waals surface area contributed by atoms with Gasteiger partial charge in [-0.25, -0.2) is 0 Å². The average Bonchev–Trinajstić information content (AvgIpc) is 3.39. The van der Waals surface area contributed by atoms with Crippen molar-refractivity contribution >= 4 is 87.8 Å².